The second-order valence-electron chi connectivity index (χ2n) is 7.23. The molecule has 1 aliphatic rings. The van der Waals surface area contributed by atoms with E-state index in [1.807, 2.05) is 6.07 Å². The number of benzene rings is 1. The van der Waals surface area contributed by atoms with Gasteiger partial charge in [-0.15, -0.1) is 0 Å². The highest BCUT2D eigenvalue weighted by Crippen LogP contribution is 2.44. The highest BCUT2D eigenvalue weighted by molar-refractivity contribution is 6.74. The van der Waals surface area contributed by atoms with Gasteiger partial charge in [-0.3, -0.25) is 0 Å². The topological polar surface area (TPSA) is 54.0 Å². The Morgan fingerprint density at radius 2 is 1.83 bits per heavy atom. The lowest BCUT2D eigenvalue weighted by molar-refractivity contribution is -0.156. The minimum Gasteiger partial charge on any atom is -0.493 e. The van der Waals surface area contributed by atoms with Crippen LogP contribution in [0.25, 0.3) is 0 Å². The number of carbonyl (C=O) groups excluding carboxylic acids is 1. The first-order chi connectivity index (χ1) is 10.6. The van der Waals surface area contributed by atoms with E-state index in [2.05, 4.69) is 33.9 Å². The number of esters is 1. The number of hydrogen-bond donors (Lipinski definition) is 0. The van der Waals surface area contributed by atoms with Crippen molar-refractivity contribution in [2.75, 3.05) is 14.2 Å². The van der Waals surface area contributed by atoms with Crippen LogP contribution in [0.3, 0.4) is 0 Å². The van der Waals surface area contributed by atoms with Crippen molar-refractivity contribution in [2.24, 2.45) is 0 Å². The lowest BCUT2D eigenvalue weighted by Gasteiger charge is -2.40. The monoisotopic (exact) mass is 338 g/mol. The molecule has 6 heteroatoms. The molecule has 1 aromatic rings. The molecule has 0 spiro atoms. The molecule has 1 unspecified atom stereocenters. The highest BCUT2D eigenvalue weighted by Gasteiger charge is 2.43. The molecule has 0 aromatic heterocycles. The number of rotatable bonds is 4. The normalized spacial score (nSPS) is 18.2. The van der Waals surface area contributed by atoms with Crippen LogP contribution >= 0.6 is 0 Å². The molecular weight excluding hydrogens is 312 g/mol. The van der Waals surface area contributed by atoms with Crippen LogP contribution in [0.15, 0.2) is 12.1 Å². The van der Waals surface area contributed by atoms with Gasteiger partial charge in [0.1, 0.15) is 6.61 Å². The number of ether oxygens (including phenoxy) is 3. The van der Waals surface area contributed by atoms with Crippen LogP contribution in [0.4, 0.5) is 0 Å². The third-order valence-electron chi connectivity index (χ3n) is 4.76. The quantitative estimate of drug-likeness (QED) is 0.617. The molecule has 0 fully saturated rings. The van der Waals surface area contributed by atoms with Crippen molar-refractivity contribution in [3.8, 4) is 11.5 Å². The van der Waals surface area contributed by atoms with Crippen LogP contribution in [-0.2, 0) is 20.6 Å². The Labute approximate surface area is 139 Å². The summed E-state index contributed by atoms with van der Waals surface area (Å²) in [5, 5.41) is 0.00144. The molecule has 0 amide bonds. The third kappa shape index (κ3) is 3.23. The zero-order chi connectivity index (χ0) is 17.4. The number of hydrogen-bond acceptors (Lipinski definition) is 5. The van der Waals surface area contributed by atoms with Crippen molar-refractivity contribution >= 4 is 14.3 Å². The first-order valence-corrected chi connectivity index (χ1v) is 10.6. The van der Waals surface area contributed by atoms with Crippen molar-refractivity contribution in [2.45, 2.75) is 51.6 Å². The molecule has 128 valence electrons. The number of methoxy groups -OCH3 is 2. The van der Waals surface area contributed by atoms with Gasteiger partial charge in [0.2, 0.25) is 0 Å². The Kier molecular flexibility index (Phi) is 4.78. The van der Waals surface area contributed by atoms with Crippen LogP contribution in [0, 0.1) is 0 Å². The van der Waals surface area contributed by atoms with Crippen molar-refractivity contribution in [1.82, 2.24) is 0 Å². The fraction of sp³-hybridized carbons (Fsp3) is 0.588. The summed E-state index contributed by atoms with van der Waals surface area (Å²) >= 11 is 0. The standard InChI is InChI=1S/C17H26O5Si/c1-17(2,3)23(6,7)22-15-11-8-9-13(19-4)14(20-5)12(11)10-21-16(15)18/h8-9,15H,10H2,1-7H3. The average Bonchev–Trinajstić information content (AvgIpc) is 2.47. The molecule has 0 saturated carbocycles. The van der Waals surface area contributed by atoms with Gasteiger partial charge in [-0.2, -0.15) is 0 Å². The number of cyclic esters (lactones) is 1. The van der Waals surface area contributed by atoms with E-state index in [0.717, 1.165) is 11.1 Å². The molecule has 0 bridgehead atoms. The maximum atomic E-state index is 12.3. The lowest BCUT2D eigenvalue weighted by atomic mass is 9.99. The van der Waals surface area contributed by atoms with Crippen LogP contribution in [0.2, 0.25) is 18.1 Å². The Bertz CT molecular complexity index is 604. The third-order valence-corrected chi connectivity index (χ3v) is 9.20. The van der Waals surface area contributed by atoms with Crippen LogP contribution < -0.4 is 9.47 Å². The van der Waals surface area contributed by atoms with Crippen molar-refractivity contribution < 1.29 is 23.4 Å². The first-order valence-electron chi connectivity index (χ1n) is 7.70. The van der Waals surface area contributed by atoms with Gasteiger partial charge >= 0.3 is 5.97 Å². The van der Waals surface area contributed by atoms with Crippen molar-refractivity contribution in [3.63, 3.8) is 0 Å². The number of fused-ring (bicyclic) bond motifs is 1. The van der Waals surface area contributed by atoms with Gasteiger partial charge in [-0.05, 0) is 24.2 Å². The molecule has 1 aromatic carbocycles. The Morgan fingerprint density at radius 3 is 2.35 bits per heavy atom. The van der Waals surface area contributed by atoms with E-state index in [1.165, 1.54) is 0 Å². The summed E-state index contributed by atoms with van der Waals surface area (Å²) < 4.78 is 22.4. The largest absolute Gasteiger partial charge is 0.493 e. The van der Waals surface area contributed by atoms with Gasteiger partial charge in [0.05, 0.1) is 14.2 Å². The summed E-state index contributed by atoms with van der Waals surface area (Å²) in [6, 6.07) is 3.67. The zero-order valence-corrected chi connectivity index (χ0v) is 16.0. The van der Waals surface area contributed by atoms with Crippen LogP contribution in [0.5, 0.6) is 11.5 Å². The molecule has 0 aliphatic carbocycles. The smallest absolute Gasteiger partial charge is 0.339 e. The Balaban J connectivity index is 2.47. The summed E-state index contributed by atoms with van der Waals surface area (Å²) in [6.45, 7) is 10.8. The Morgan fingerprint density at radius 1 is 1.17 bits per heavy atom. The van der Waals surface area contributed by atoms with E-state index in [0.29, 0.717) is 11.5 Å². The van der Waals surface area contributed by atoms with Crippen molar-refractivity contribution in [3.05, 3.63) is 23.3 Å². The van der Waals surface area contributed by atoms with Crippen LogP contribution in [0.1, 0.15) is 38.0 Å². The molecular formula is C17H26O5Si. The van der Waals surface area contributed by atoms with Gasteiger partial charge in [-0.1, -0.05) is 26.8 Å². The molecule has 0 N–H and O–H groups in total. The zero-order valence-electron chi connectivity index (χ0n) is 15.0. The van der Waals surface area contributed by atoms with Crippen molar-refractivity contribution in [1.29, 1.82) is 0 Å². The molecule has 23 heavy (non-hydrogen) atoms. The highest BCUT2D eigenvalue weighted by atomic mass is 28.4. The van der Waals surface area contributed by atoms with E-state index in [9.17, 15) is 4.79 Å². The van der Waals surface area contributed by atoms with E-state index < -0.39 is 14.4 Å². The fourth-order valence-electron chi connectivity index (χ4n) is 2.33. The first kappa shape index (κ1) is 17.8. The second-order valence-corrected chi connectivity index (χ2v) is 12.0. The van der Waals surface area contributed by atoms with Gasteiger partial charge in [-0.25, -0.2) is 4.79 Å². The molecule has 0 saturated heterocycles. The summed E-state index contributed by atoms with van der Waals surface area (Å²) in [4.78, 5) is 12.3. The maximum Gasteiger partial charge on any atom is 0.339 e. The molecule has 5 nitrogen and oxygen atoms in total. The summed E-state index contributed by atoms with van der Waals surface area (Å²) in [5.41, 5.74) is 1.62. The predicted octanol–water partition coefficient (Wildman–Crippen LogP) is 3.82. The summed E-state index contributed by atoms with van der Waals surface area (Å²) in [6.07, 6.45) is -0.709. The average molecular weight is 338 g/mol. The minimum absolute atomic E-state index is 0.00144. The van der Waals surface area contributed by atoms with Gasteiger partial charge < -0.3 is 18.6 Å². The molecule has 1 heterocycles. The molecule has 1 atom stereocenters. The number of carbonyl (C=O) groups is 1. The maximum absolute atomic E-state index is 12.3. The fourth-order valence-corrected chi connectivity index (χ4v) is 3.50. The van der Waals surface area contributed by atoms with E-state index in [4.69, 9.17) is 18.6 Å². The minimum atomic E-state index is -2.12. The van der Waals surface area contributed by atoms with Gasteiger partial charge in [0.15, 0.2) is 25.9 Å². The lowest BCUT2D eigenvalue weighted by Crippen LogP contribution is -2.44. The van der Waals surface area contributed by atoms with Gasteiger partial charge in [0.25, 0.3) is 0 Å². The van der Waals surface area contributed by atoms with E-state index in [1.54, 1.807) is 20.3 Å². The Hall–Kier alpha value is -1.53. The molecule has 0 radical (unpaired) electrons. The SMILES string of the molecule is COc1ccc2c(c1OC)COC(=O)C2O[Si](C)(C)C(C)(C)C. The molecule has 2 rings (SSSR count). The summed E-state index contributed by atoms with van der Waals surface area (Å²) in [5.74, 6) is 0.881. The summed E-state index contributed by atoms with van der Waals surface area (Å²) in [7, 11) is 1.04. The van der Waals surface area contributed by atoms with Crippen LogP contribution in [-0.4, -0.2) is 28.5 Å². The second kappa shape index (κ2) is 6.17. The molecule has 1 aliphatic heterocycles. The van der Waals surface area contributed by atoms with Gasteiger partial charge in [0, 0.05) is 11.1 Å². The van der Waals surface area contributed by atoms with E-state index >= 15 is 0 Å². The van der Waals surface area contributed by atoms with E-state index in [-0.39, 0.29) is 17.6 Å². The predicted molar refractivity (Wildman–Crippen MR) is 90.4 cm³/mol.